The number of pyridine rings is 1. The van der Waals surface area contributed by atoms with Crippen molar-refractivity contribution < 1.29 is 4.79 Å². The molecule has 1 N–H and O–H groups in total. The summed E-state index contributed by atoms with van der Waals surface area (Å²) in [7, 11) is 0. The number of rotatable bonds is 7. The van der Waals surface area contributed by atoms with Gasteiger partial charge in [0.1, 0.15) is 11.3 Å². The van der Waals surface area contributed by atoms with Crippen LogP contribution in [-0.4, -0.2) is 63.1 Å². The summed E-state index contributed by atoms with van der Waals surface area (Å²) >= 11 is 0. The number of nitrogens with zero attached hydrogens (tertiary/aromatic N) is 5. The first-order valence-corrected chi connectivity index (χ1v) is 12.4. The zero-order chi connectivity index (χ0) is 24.0. The standard InChI is InChI=1S/C28H32N6O/c1-2-22-10-12-24(13-11-22)34-26(31-25-9-6-15-29-27(25)34)21-32-17-19-33(20-18-32)28(35)30-16-14-23-7-4-3-5-8-23/h3-13,15H,2,14,16-21H2,1H3,(H,30,35). The molecule has 1 aliphatic rings. The number of piperazine rings is 1. The normalized spacial score (nSPS) is 14.4. The number of benzene rings is 2. The van der Waals surface area contributed by atoms with E-state index in [9.17, 15) is 4.79 Å². The van der Waals surface area contributed by atoms with Crippen LogP contribution < -0.4 is 5.32 Å². The lowest BCUT2D eigenvalue weighted by molar-refractivity contribution is 0.133. The molecule has 2 amide bonds. The summed E-state index contributed by atoms with van der Waals surface area (Å²) in [6.07, 6.45) is 3.68. The van der Waals surface area contributed by atoms with E-state index in [0.29, 0.717) is 19.6 Å². The van der Waals surface area contributed by atoms with E-state index in [4.69, 9.17) is 4.98 Å². The maximum atomic E-state index is 12.6. The zero-order valence-corrected chi connectivity index (χ0v) is 20.2. The monoisotopic (exact) mass is 468 g/mol. The van der Waals surface area contributed by atoms with E-state index >= 15 is 0 Å². The number of aryl methyl sites for hydroxylation is 1. The Morgan fingerprint density at radius 3 is 2.43 bits per heavy atom. The van der Waals surface area contributed by atoms with Gasteiger partial charge in [-0.25, -0.2) is 14.8 Å². The van der Waals surface area contributed by atoms with Crippen LogP contribution in [0.1, 0.15) is 23.9 Å². The molecule has 7 heteroatoms. The molecular formula is C28H32N6O. The lowest BCUT2D eigenvalue weighted by atomic mass is 10.1. The van der Waals surface area contributed by atoms with Gasteiger partial charge in [-0.15, -0.1) is 0 Å². The highest BCUT2D eigenvalue weighted by molar-refractivity contribution is 5.74. The lowest BCUT2D eigenvalue weighted by Gasteiger charge is -2.34. The third-order valence-electron chi connectivity index (χ3n) is 6.65. The Labute approximate surface area is 206 Å². The number of carbonyl (C=O) groups is 1. The number of nitrogens with one attached hydrogen (secondary N) is 1. The van der Waals surface area contributed by atoms with Crippen LogP contribution in [0.4, 0.5) is 4.79 Å². The fourth-order valence-corrected chi connectivity index (χ4v) is 4.60. The minimum absolute atomic E-state index is 0.0213. The first-order chi connectivity index (χ1) is 17.2. The average Bonchev–Trinajstić information content (AvgIpc) is 3.27. The van der Waals surface area contributed by atoms with Crippen molar-refractivity contribution in [1.82, 2.24) is 29.7 Å². The Morgan fingerprint density at radius 2 is 1.69 bits per heavy atom. The van der Waals surface area contributed by atoms with Crippen molar-refractivity contribution in [1.29, 1.82) is 0 Å². The maximum absolute atomic E-state index is 12.6. The highest BCUT2D eigenvalue weighted by Crippen LogP contribution is 2.22. The fourth-order valence-electron chi connectivity index (χ4n) is 4.60. The van der Waals surface area contributed by atoms with Crippen molar-refractivity contribution >= 4 is 17.2 Å². The van der Waals surface area contributed by atoms with Gasteiger partial charge >= 0.3 is 6.03 Å². The number of aromatic nitrogens is 3. The van der Waals surface area contributed by atoms with Gasteiger partial charge in [-0.2, -0.15) is 0 Å². The Hall–Kier alpha value is -3.71. The molecule has 1 aliphatic heterocycles. The number of fused-ring (bicyclic) bond motifs is 1. The van der Waals surface area contributed by atoms with Gasteiger partial charge in [0.15, 0.2) is 5.65 Å². The molecule has 0 unspecified atom stereocenters. The first-order valence-electron chi connectivity index (χ1n) is 12.4. The highest BCUT2D eigenvalue weighted by Gasteiger charge is 2.23. The van der Waals surface area contributed by atoms with Crippen molar-refractivity contribution in [3.05, 3.63) is 89.9 Å². The van der Waals surface area contributed by atoms with Crippen LogP contribution in [-0.2, 0) is 19.4 Å². The molecule has 0 radical (unpaired) electrons. The second-order valence-corrected chi connectivity index (χ2v) is 8.96. The van der Waals surface area contributed by atoms with E-state index in [1.807, 2.05) is 41.4 Å². The summed E-state index contributed by atoms with van der Waals surface area (Å²) in [5.41, 5.74) is 5.40. The third-order valence-corrected chi connectivity index (χ3v) is 6.65. The topological polar surface area (TPSA) is 66.3 Å². The average molecular weight is 469 g/mol. The largest absolute Gasteiger partial charge is 0.338 e. The number of amides is 2. The Bertz CT molecular complexity index is 1260. The second kappa shape index (κ2) is 10.7. The van der Waals surface area contributed by atoms with Crippen molar-refractivity contribution in [2.45, 2.75) is 26.3 Å². The van der Waals surface area contributed by atoms with E-state index in [2.05, 4.69) is 63.1 Å². The summed E-state index contributed by atoms with van der Waals surface area (Å²) in [4.78, 5) is 26.4. The summed E-state index contributed by atoms with van der Waals surface area (Å²) in [5.74, 6) is 0.976. The smallest absolute Gasteiger partial charge is 0.317 e. The van der Waals surface area contributed by atoms with Gasteiger partial charge < -0.3 is 10.2 Å². The van der Waals surface area contributed by atoms with E-state index in [1.165, 1.54) is 11.1 Å². The predicted molar refractivity (Wildman–Crippen MR) is 139 cm³/mol. The molecule has 1 fully saturated rings. The molecule has 2 aromatic heterocycles. The van der Waals surface area contributed by atoms with Crippen LogP contribution in [0.5, 0.6) is 0 Å². The molecule has 7 nitrogen and oxygen atoms in total. The molecule has 3 heterocycles. The predicted octanol–water partition coefficient (Wildman–Crippen LogP) is 4.05. The van der Waals surface area contributed by atoms with E-state index < -0.39 is 0 Å². The van der Waals surface area contributed by atoms with Gasteiger partial charge in [-0.3, -0.25) is 9.47 Å². The number of carbonyl (C=O) groups excluding carboxylic acids is 1. The zero-order valence-electron chi connectivity index (χ0n) is 20.2. The highest BCUT2D eigenvalue weighted by atomic mass is 16.2. The fraction of sp³-hybridized carbons (Fsp3) is 0.321. The molecule has 0 aliphatic carbocycles. The molecule has 35 heavy (non-hydrogen) atoms. The summed E-state index contributed by atoms with van der Waals surface area (Å²) in [5, 5.41) is 3.07. The van der Waals surface area contributed by atoms with Crippen LogP contribution in [0.15, 0.2) is 72.9 Å². The van der Waals surface area contributed by atoms with E-state index in [-0.39, 0.29) is 6.03 Å². The minimum Gasteiger partial charge on any atom is -0.338 e. The van der Waals surface area contributed by atoms with Crippen molar-refractivity contribution in [2.24, 2.45) is 0 Å². The number of hydrogen-bond acceptors (Lipinski definition) is 4. The Kier molecular flexibility index (Phi) is 7.04. The van der Waals surface area contributed by atoms with Crippen LogP contribution in [0, 0.1) is 0 Å². The molecule has 0 bridgehead atoms. The maximum Gasteiger partial charge on any atom is 0.317 e. The molecule has 2 aromatic carbocycles. The summed E-state index contributed by atoms with van der Waals surface area (Å²) < 4.78 is 2.16. The second-order valence-electron chi connectivity index (χ2n) is 8.96. The number of urea groups is 1. The van der Waals surface area contributed by atoms with Crippen LogP contribution in [0.2, 0.25) is 0 Å². The first kappa shape index (κ1) is 23.1. The van der Waals surface area contributed by atoms with Gasteiger partial charge in [0, 0.05) is 44.6 Å². The minimum atomic E-state index is 0.0213. The van der Waals surface area contributed by atoms with Gasteiger partial charge in [0.05, 0.1) is 6.54 Å². The number of imidazole rings is 1. The van der Waals surface area contributed by atoms with E-state index in [0.717, 1.165) is 55.2 Å². The van der Waals surface area contributed by atoms with Gasteiger partial charge in [-0.1, -0.05) is 49.4 Å². The Balaban J connectivity index is 1.21. The molecule has 0 atom stereocenters. The van der Waals surface area contributed by atoms with Crippen molar-refractivity contribution in [3.63, 3.8) is 0 Å². The van der Waals surface area contributed by atoms with Crippen LogP contribution in [0.25, 0.3) is 16.9 Å². The molecule has 1 saturated heterocycles. The molecule has 180 valence electrons. The molecule has 5 rings (SSSR count). The summed E-state index contributed by atoms with van der Waals surface area (Å²) in [6, 6.07) is 22.8. The van der Waals surface area contributed by atoms with Crippen LogP contribution in [0.3, 0.4) is 0 Å². The SMILES string of the molecule is CCc1ccc(-n2c(CN3CCN(C(=O)NCCc4ccccc4)CC3)nc3cccnc32)cc1. The van der Waals surface area contributed by atoms with Gasteiger partial charge in [0.2, 0.25) is 0 Å². The lowest BCUT2D eigenvalue weighted by Crippen LogP contribution is -2.51. The van der Waals surface area contributed by atoms with E-state index in [1.54, 1.807) is 0 Å². The molecule has 0 spiro atoms. The van der Waals surface area contributed by atoms with Crippen molar-refractivity contribution in [2.75, 3.05) is 32.7 Å². The molecule has 4 aromatic rings. The van der Waals surface area contributed by atoms with Gasteiger partial charge in [0.25, 0.3) is 0 Å². The third kappa shape index (κ3) is 5.35. The molecular weight excluding hydrogens is 436 g/mol. The summed E-state index contributed by atoms with van der Waals surface area (Å²) in [6.45, 7) is 6.58. The van der Waals surface area contributed by atoms with Crippen LogP contribution >= 0.6 is 0 Å². The molecule has 0 saturated carbocycles. The quantitative estimate of drug-likeness (QED) is 0.444. The van der Waals surface area contributed by atoms with Gasteiger partial charge in [-0.05, 0) is 48.2 Å². The van der Waals surface area contributed by atoms with Crippen molar-refractivity contribution in [3.8, 4) is 5.69 Å². The number of hydrogen-bond donors (Lipinski definition) is 1. The Morgan fingerprint density at radius 1 is 0.914 bits per heavy atom.